The fourth-order valence-corrected chi connectivity index (χ4v) is 2.93. The summed E-state index contributed by atoms with van der Waals surface area (Å²) >= 11 is 0. The van der Waals surface area contributed by atoms with E-state index in [1.807, 2.05) is 0 Å². The molecular formula is C17H27NO. The molecule has 0 saturated carbocycles. The molecule has 1 aliphatic heterocycles. The predicted molar refractivity (Wildman–Crippen MR) is 81.0 cm³/mol. The van der Waals surface area contributed by atoms with Gasteiger partial charge in [0.1, 0.15) is 5.75 Å². The Morgan fingerprint density at radius 1 is 1.32 bits per heavy atom. The van der Waals surface area contributed by atoms with Crippen molar-refractivity contribution in [1.82, 2.24) is 5.32 Å². The van der Waals surface area contributed by atoms with E-state index in [0.717, 1.165) is 19.6 Å². The molecule has 0 amide bonds. The van der Waals surface area contributed by atoms with E-state index in [1.165, 1.54) is 36.1 Å². The summed E-state index contributed by atoms with van der Waals surface area (Å²) in [7, 11) is 0. The van der Waals surface area contributed by atoms with E-state index in [-0.39, 0.29) is 0 Å². The molecule has 0 aliphatic carbocycles. The van der Waals surface area contributed by atoms with E-state index in [0.29, 0.717) is 12.0 Å². The molecule has 106 valence electrons. The lowest BCUT2D eigenvalue weighted by Crippen LogP contribution is -2.28. The summed E-state index contributed by atoms with van der Waals surface area (Å²) in [6.07, 6.45) is 4.68. The predicted octanol–water partition coefficient (Wildman–Crippen LogP) is 3.89. The number of aryl methyl sites for hydroxylation is 1. The molecule has 2 nitrogen and oxygen atoms in total. The van der Waals surface area contributed by atoms with Crippen LogP contribution in [-0.4, -0.2) is 19.2 Å². The third kappa shape index (κ3) is 3.73. The highest BCUT2D eigenvalue weighted by Gasteiger charge is 2.19. The average molecular weight is 261 g/mol. The van der Waals surface area contributed by atoms with Crippen molar-refractivity contribution in [2.24, 2.45) is 0 Å². The van der Waals surface area contributed by atoms with Gasteiger partial charge in [-0.3, -0.25) is 0 Å². The quantitative estimate of drug-likeness (QED) is 0.838. The van der Waals surface area contributed by atoms with E-state index in [1.54, 1.807) is 0 Å². The molecule has 2 unspecified atom stereocenters. The van der Waals surface area contributed by atoms with Gasteiger partial charge in [0.2, 0.25) is 0 Å². The van der Waals surface area contributed by atoms with Gasteiger partial charge in [-0.2, -0.15) is 0 Å². The molecular weight excluding hydrogens is 234 g/mol. The second kappa shape index (κ2) is 6.95. The van der Waals surface area contributed by atoms with Crippen LogP contribution in [0.4, 0.5) is 0 Å². The lowest BCUT2D eigenvalue weighted by molar-refractivity contribution is 0.282. The molecule has 0 saturated heterocycles. The summed E-state index contributed by atoms with van der Waals surface area (Å²) in [5.74, 6) is 1.72. The van der Waals surface area contributed by atoms with Gasteiger partial charge in [0.25, 0.3) is 0 Å². The van der Waals surface area contributed by atoms with Crippen molar-refractivity contribution in [3.8, 4) is 5.75 Å². The van der Waals surface area contributed by atoms with Crippen molar-refractivity contribution in [3.05, 3.63) is 29.3 Å². The molecule has 1 heterocycles. The molecule has 0 aromatic heterocycles. The molecule has 0 fully saturated rings. The highest BCUT2D eigenvalue weighted by molar-refractivity contribution is 5.44. The number of benzene rings is 1. The topological polar surface area (TPSA) is 21.3 Å². The highest BCUT2D eigenvalue weighted by atomic mass is 16.5. The van der Waals surface area contributed by atoms with Crippen LogP contribution in [0.1, 0.15) is 57.1 Å². The van der Waals surface area contributed by atoms with Gasteiger partial charge in [-0.15, -0.1) is 0 Å². The van der Waals surface area contributed by atoms with Crippen LogP contribution >= 0.6 is 0 Å². The molecule has 1 aliphatic rings. The fourth-order valence-electron chi connectivity index (χ4n) is 2.93. The van der Waals surface area contributed by atoms with Gasteiger partial charge in [-0.05, 0) is 56.2 Å². The van der Waals surface area contributed by atoms with Crippen LogP contribution in [-0.2, 0) is 6.42 Å². The highest BCUT2D eigenvalue weighted by Crippen LogP contribution is 2.35. The summed E-state index contributed by atoms with van der Waals surface area (Å²) in [6, 6.07) is 7.20. The minimum atomic E-state index is 0.549. The normalized spacial score (nSPS) is 17.4. The maximum Gasteiger partial charge on any atom is 0.125 e. The molecule has 1 aromatic rings. The molecule has 19 heavy (non-hydrogen) atoms. The monoisotopic (exact) mass is 261 g/mol. The summed E-state index contributed by atoms with van der Waals surface area (Å²) in [5.41, 5.74) is 2.78. The first kappa shape index (κ1) is 14.4. The second-order valence-corrected chi connectivity index (χ2v) is 5.78. The van der Waals surface area contributed by atoms with Crippen molar-refractivity contribution < 1.29 is 4.74 Å². The minimum Gasteiger partial charge on any atom is -0.493 e. The third-order valence-electron chi connectivity index (χ3n) is 3.94. The SMILES string of the molecule is CCCNC(C)CC(C)c1cccc2c1OCCC2. The smallest absolute Gasteiger partial charge is 0.125 e. The van der Waals surface area contributed by atoms with Crippen molar-refractivity contribution in [1.29, 1.82) is 0 Å². The Bertz CT molecular complexity index is 402. The first-order valence-corrected chi connectivity index (χ1v) is 7.70. The van der Waals surface area contributed by atoms with Crippen molar-refractivity contribution >= 4 is 0 Å². The Labute approximate surface area is 117 Å². The third-order valence-corrected chi connectivity index (χ3v) is 3.94. The number of hydrogen-bond donors (Lipinski definition) is 1. The van der Waals surface area contributed by atoms with Gasteiger partial charge in [0.15, 0.2) is 0 Å². The van der Waals surface area contributed by atoms with Gasteiger partial charge >= 0.3 is 0 Å². The van der Waals surface area contributed by atoms with E-state index in [2.05, 4.69) is 44.3 Å². The second-order valence-electron chi connectivity index (χ2n) is 5.78. The standard InChI is InChI=1S/C17H27NO/c1-4-10-18-14(3)12-13(2)16-9-5-7-15-8-6-11-19-17(15)16/h5,7,9,13-14,18H,4,6,8,10-12H2,1-3H3. The Morgan fingerprint density at radius 3 is 2.95 bits per heavy atom. The average Bonchev–Trinajstić information content (AvgIpc) is 2.44. The first-order chi connectivity index (χ1) is 9.22. The van der Waals surface area contributed by atoms with Crippen LogP contribution in [0.5, 0.6) is 5.75 Å². The summed E-state index contributed by atoms with van der Waals surface area (Å²) < 4.78 is 5.92. The Balaban J connectivity index is 2.04. The van der Waals surface area contributed by atoms with Crippen molar-refractivity contribution in [3.63, 3.8) is 0 Å². The van der Waals surface area contributed by atoms with Crippen LogP contribution in [0.3, 0.4) is 0 Å². The van der Waals surface area contributed by atoms with E-state index in [9.17, 15) is 0 Å². The van der Waals surface area contributed by atoms with Crippen LogP contribution < -0.4 is 10.1 Å². The number of para-hydroxylation sites is 1. The summed E-state index contributed by atoms with van der Waals surface area (Å²) in [6.45, 7) is 8.79. The van der Waals surface area contributed by atoms with E-state index in [4.69, 9.17) is 4.74 Å². The molecule has 1 N–H and O–H groups in total. The van der Waals surface area contributed by atoms with Crippen LogP contribution in [0.2, 0.25) is 0 Å². The Kier molecular flexibility index (Phi) is 5.26. The zero-order chi connectivity index (χ0) is 13.7. The molecule has 2 heteroatoms. The molecule has 2 atom stereocenters. The Morgan fingerprint density at radius 2 is 2.16 bits per heavy atom. The fraction of sp³-hybridized carbons (Fsp3) is 0.647. The zero-order valence-electron chi connectivity index (χ0n) is 12.5. The largest absolute Gasteiger partial charge is 0.493 e. The molecule has 1 aromatic carbocycles. The summed E-state index contributed by atoms with van der Waals surface area (Å²) in [4.78, 5) is 0. The lowest BCUT2D eigenvalue weighted by Gasteiger charge is -2.25. The van der Waals surface area contributed by atoms with Gasteiger partial charge in [-0.25, -0.2) is 0 Å². The molecule has 0 spiro atoms. The van der Waals surface area contributed by atoms with Gasteiger partial charge < -0.3 is 10.1 Å². The number of rotatable bonds is 6. The number of fused-ring (bicyclic) bond motifs is 1. The van der Waals surface area contributed by atoms with Crippen LogP contribution in [0, 0.1) is 0 Å². The van der Waals surface area contributed by atoms with Crippen LogP contribution in [0.25, 0.3) is 0 Å². The van der Waals surface area contributed by atoms with Gasteiger partial charge in [0, 0.05) is 6.04 Å². The van der Waals surface area contributed by atoms with Gasteiger partial charge in [-0.1, -0.05) is 32.0 Å². The van der Waals surface area contributed by atoms with E-state index < -0.39 is 0 Å². The lowest BCUT2D eigenvalue weighted by atomic mass is 9.90. The maximum absolute atomic E-state index is 5.92. The van der Waals surface area contributed by atoms with Crippen LogP contribution in [0.15, 0.2) is 18.2 Å². The number of ether oxygens (including phenoxy) is 1. The van der Waals surface area contributed by atoms with Gasteiger partial charge in [0.05, 0.1) is 6.61 Å². The first-order valence-electron chi connectivity index (χ1n) is 7.70. The minimum absolute atomic E-state index is 0.549. The van der Waals surface area contributed by atoms with E-state index >= 15 is 0 Å². The zero-order valence-corrected chi connectivity index (χ0v) is 12.5. The molecule has 0 radical (unpaired) electrons. The van der Waals surface area contributed by atoms with Crippen molar-refractivity contribution in [2.75, 3.05) is 13.2 Å². The Hall–Kier alpha value is -1.02. The maximum atomic E-state index is 5.92. The number of nitrogens with one attached hydrogen (secondary N) is 1. The number of hydrogen-bond acceptors (Lipinski definition) is 2. The molecule has 0 bridgehead atoms. The molecule has 2 rings (SSSR count). The summed E-state index contributed by atoms with van der Waals surface area (Å²) in [5, 5.41) is 3.57. The van der Waals surface area contributed by atoms with Crippen molar-refractivity contribution in [2.45, 2.75) is 58.4 Å².